The second-order valence-corrected chi connectivity index (χ2v) is 6.61. The maximum absolute atomic E-state index is 12.7. The lowest BCUT2D eigenvalue weighted by atomic mass is 10.0. The Hall–Kier alpha value is -1.39. The number of aliphatic hydroxyl groups excluding tert-OH is 1. The van der Waals surface area contributed by atoms with Crippen LogP contribution in [-0.2, 0) is 17.6 Å². The van der Waals surface area contributed by atoms with Crippen LogP contribution >= 0.6 is 0 Å². The molecule has 1 saturated heterocycles. The van der Waals surface area contributed by atoms with E-state index in [9.17, 15) is 9.90 Å². The molecule has 1 fully saturated rings. The summed E-state index contributed by atoms with van der Waals surface area (Å²) in [6.07, 6.45) is 2.47. The molecule has 0 aliphatic carbocycles. The number of aryl methyl sites for hydroxylation is 2. The molecule has 0 aromatic heterocycles. The Morgan fingerprint density at radius 2 is 1.91 bits per heavy atom. The van der Waals surface area contributed by atoms with Gasteiger partial charge < -0.3 is 10.4 Å². The minimum absolute atomic E-state index is 0.0480. The molecule has 1 aliphatic heterocycles. The number of hydrogen-bond donors (Lipinski definition) is 2. The lowest BCUT2D eigenvalue weighted by Gasteiger charge is -2.25. The number of hydrogen-bond acceptors (Lipinski definition) is 3. The number of carbonyl (C=O) groups excluding carboxylic acids is 1. The fourth-order valence-electron chi connectivity index (χ4n) is 3.36. The fourth-order valence-corrected chi connectivity index (χ4v) is 3.36. The predicted octanol–water partition coefficient (Wildman–Crippen LogP) is 2.84. The number of aliphatic hydroxyl groups is 1. The summed E-state index contributed by atoms with van der Waals surface area (Å²) in [5.41, 5.74) is 3.36. The predicted molar refractivity (Wildman–Crippen MR) is 94.7 cm³/mol. The average molecular weight is 318 g/mol. The summed E-state index contributed by atoms with van der Waals surface area (Å²) in [5.74, 6) is 0.325. The largest absolute Gasteiger partial charge is 0.393 e. The topological polar surface area (TPSA) is 52.6 Å². The monoisotopic (exact) mass is 318 g/mol. The molecule has 4 heteroatoms. The van der Waals surface area contributed by atoms with E-state index in [0.29, 0.717) is 0 Å². The highest BCUT2D eigenvalue weighted by molar-refractivity contribution is 5.96. The average Bonchev–Trinajstić information content (AvgIpc) is 3.04. The summed E-state index contributed by atoms with van der Waals surface area (Å²) in [5, 5.41) is 12.9. The van der Waals surface area contributed by atoms with Crippen molar-refractivity contribution in [2.45, 2.75) is 59.1 Å². The fraction of sp³-hybridized carbons (Fsp3) is 0.632. The van der Waals surface area contributed by atoms with Crippen LogP contribution in [0, 0.1) is 5.92 Å². The molecule has 128 valence electrons. The molecular formula is C19H30N2O2. The van der Waals surface area contributed by atoms with E-state index >= 15 is 0 Å². The lowest BCUT2D eigenvalue weighted by molar-refractivity contribution is -0.120. The molecule has 3 unspecified atom stereocenters. The van der Waals surface area contributed by atoms with E-state index in [1.807, 2.05) is 13.8 Å². The molecule has 3 atom stereocenters. The highest BCUT2D eigenvalue weighted by Crippen LogP contribution is 2.25. The second kappa shape index (κ2) is 7.93. The quantitative estimate of drug-likeness (QED) is 0.848. The number of anilines is 1. The van der Waals surface area contributed by atoms with Gasteiger partial charge in [0.25, 0.3) is 0 Å². The molecule has 0 radical (unpaired) electrons. The summed E-state index contributed by atoms with van der Waals surface area (Å²) in [6, 6.07) is 6.05. The van der Waals surface area contributed by atoms with Gasteiger partial charge >= 0.3 is 0 Å². The van der Waals surface area contributed by atoms with Crippen molar-refractivity contribution < 1.29 is 9.90 Å². The van der Waals surface area contributed by atoms with Crippen molar-refractivity contribution in [1.82, 2.24) is 4.90 Å². The van der Waals surface area contributed by atoms with E-state index in [1.54, 1.807) is 0 Å². The Bertz CT molecular complexity index is 520. The molecule has 4 nitrogen and oxygen atoms in total. The highest BCUT2D eigenvalue weighted by atomic mass is 16.3. The third kappa shape index (κ3) is 4.12. The summed E-state index contributed by atoms with van der Waals surface area (Å²) >= 11 is 0. The molecule has 1 aromatic carbocycles. The SMILES string of the molecule is CCc1cccc(CC)c1NC(=O)C(C)N1CCC(C(C)O)C1. The van der Waals surface area contributed by atoms with Crippen molar-refractivity contribution in [1.29, 1.82) is 0 Å². The van der Waals surface area contributed by atoms with Crippen LogP contribution in [0.15, 0.2) is 18.2 Å². The normalized spacial score (nSPS) is 21.2. The van der Waals surface area contributed by atoms with E-state index in [0.717, 1.165) is 38.0 Å². The van der Waals surface area contributed by atoms with Crippen molar-refractivity contribution in [2.24, 2.45) is 5.92 Å². The van der Waals surface area contributed by atoms with Crippen LogP contribution in [-0.4, -0.2) is 41.1 Å². The van der Waals surface area contributed by atoms with Gasteiger partial charge in [0.05, 0.1) is 12.1 Å². The van der Waals surface area contributed by atoms with E-state index in [1.165, 1.54) is 11.1 Å². The lowest BCUT2D eigenvalue weighted by Crippen LogP contribution is -2.41. The maximum atomic E-state index is 12.7. The van der Waals surface area contributed by atoms with Gasteiger partial charge in [-0.3, -0.25) is 9.69 Å². The Labute approximate surface area is 139 Å². The van der Waals surface area contributed by atoms with Gasteiger partial charge in [-0.2, -0.15) is 0 Å². The zero-order valence-corrected chi connectivity index (χ0v) is 14.8. The van der Waals surface area contributed by atoms with E-state index in [-0.39, 0.29) is 24.0 Å². The Morgan fingerprint density at radius 3 is 2.39 bits per heavy atom. The third-order valence-corrected chi connectivity index (χ3v) is 5.11. The molecule has 0 bridgehead atoms. The van der Waals surface area contributed by atoms with Crippen molar-refractivity contribution in [3.05, 3.63) is 29.3 Å². The van der Waals surface area contributed by atoms with Gasteiger partial charge in [0.2, 0.25) is 5.91 Å². The first-order chi connectivity index (χ1) is 11.0. The van der Waals surface area contributed by atoms with Gasteiger partial charge in [0.15, 0.2) is 0 Å². The van der Waals surface area contributed by atoms with Crippen LogP contribution < -0.4 is 5.32 Å². The van der Waals surface area contributed by atoms with Crippen molar-refractivity contribution >= 4 is 11.6 Å². The molecule has 2 rings (SSSR count). The number of nitrogens with zero attached hydrogens (tertiary/aromatic N) is 1. The first-order valence-corrected chi connectivity index (χ1v) is 8.81. The third-order valence-electron chi connectivity index (χ3n) is 5.11. The zero-order chi connectivity index (χ0) is 17.0. The van der Waals surface area contributed by atoms with Crippen molar-refractivity contribution in [2.75, 3.05) is 18.4 Å². The van der Waals surface area contributed by atoms with Crippen LogP contribution in [0.25, 0.3) is 0 Å². The van der Waals surface area contributed by atoms with Gasteiger partial charge in [-0.25, -0.2) is 0 Å². The molecule has 1 amide bonds. The Morgan fingerprint density at radius 1 is 1.30 bits per heavy atom. The summed E-state index contributed by atoms with van der Waals surface area (Å²) in [7, 11) is 0. The van der Waals surface area contributed by atoms with Crippen LogP contribution in [0.3, 0.4) is 0 Å². The van der Waals surface area contributed by atoms with E-state index in [4.69, 9.17) is 0 Å². The van der Waals surface area contributed by atoms with Gasteiger partial charge in [0.1, 0.15) is 0 Å². The summed E-state index contributed by atoms with van der Waals surface area (Å²) < 4.78 is 0. The van der Waals surface area contributed by atoms with Crippen LogP contribution in [0.2, 0.25) is 0 Å². The van der Waals surface area contributed by atoms with Crippen molar-refractivity contribution in [3.63, 3.8) is 0 Å². The standard InChI is InChI=1S/C19H30N2O2/c1-5-15-8-7-9-16(6-2)18(15)20-19(23)13(3)21-11-10-17(12-21)14(4)22/h7-9,13-14,17,22H,5-6,10-12H2,1-4H3,(H,20,23). The molecule has 1 aromatic rings. The summed E-state index contributed by atoms with van der Waals surface area (Å²) in [4.78, 5) is 14.9. The first-order valence-electron chi connectivity index (χ1n) is 8.81. The number of likely N-dealkylation sites (tertiary alicyclic amines) is 1. The van der Waals surface area contributed by atoms with Crippen LogP contribution in [0.1, 0.15) is 45.2 Å². The molecule has 1 aliphatic rings. The number of amides is 1. The minimum atomic E-state index is -0.303. The summed E-state index contributed by atoms with van der Waals surface area (Å²) in [6.45, 7) is 9.69. The Balaban J connectivity index is 2.07. The van der Waals surface area contributed by atoms with E-state index in [2.05, 4.69) is 42.3 Å². The van der Waals surface area contributed by atoms with Crippen molar-refractivity contribution in [3.8, 4) is 0 Å². The van der Waals surface area contributed by atoms with Gasteiger partial charge in [-0.1, -0.05) is 32.0 Å². The number of benzene rings is 1. The number of carbonyl (C=O) groups is 1. The highest BCUT2D eigenvalue weighted by Gasteiger charge is 2.31. The molecule has 1 heterocycles. The van der Waals surface area contributed by atoms with Gasteiger partial charge in [-0.15, -0.1) is 0 Å². The number of para-hydroxylation sites is 1. The molecule has 2 N–H and O–H groups in total. The number of nitrogens with one attached hydrogen (secondary N) is 1. The molecular weight excluding hydrogens is 288 g/mol. The van der Waals surface area contributed by atoms with Gasteiger partial charge in [0, 0.05) is 12.2 Å². The van der Waals surface area contributed by atoms with Crippen LogP contribution in [0.4, 0.5) is 5.69 Å². The Kier molecular flexibility index (Phi) is 6.19. The smallest absolute Gasteiger partial charge is 0.241 e. The first kappa shape index (κ1) is 18.0. The molecule has 0 saturated carbocycles. The van der Waals surface area contributed by atoms with E-state index < -0.39 is 0 Å². The molecule has 0 spiro atoms. The number of rotatable bonds is 6. The molecule has 23 heavy (non-hydrogen) atoms. The second-order valence-electron chi connectivity index (χ2n) is 6.61. The maximum Gasteiger partial charge on any atom is 0.241 e. The minimum Gasteiger partial charge on any atom is -0.393 e. The zero-order valence-electron chi connectivity index (χ0n) is 14.8. The van der Waals surface area contributed by atoms with Crippen LogP contribution in [0.5, 0.6) is 0 Å². The van der Waals surface area contributed by atoms with Gasteiger partial charge in [-0.05, 0) is 56.7 Å².